The first-order valence-electron chi connectivity index (χ1n) is 16.4. The van der Waals surface area contributed by atoms with Gasteiger partial charge in [0.1, 0.15) is 0 Å². The monoisotopic (exact) mass is 608 g/mol. The van der Waals surface area contributed by atoms with E-state index in [2.05, 4.69) is 146 Å². The second kappa shape index (κ2) is 8.53. The van der Waals surface area contributed by atoms with Crippen molar-refractivity contribution in [2.45, 2.75) is 0 Å². The number of fused-ring (bicyclic) bond motifs is 11. The zero-order valence-corrected chi connectivity index (χ0v) is 26.1. The molecule has 0 aliphatic heterocycles. The fourth-order valence-corrected chi connectivity index (χ4v) is 10.2. The lowest BCUT2D eigenvalue weighted by Crippen LogP contribution is -1.91. The number of hydrogen-bond acceptors (Lipinski definition) is 1. The lowest BCUT2D eigenvalue weighted by Gasteiger charge is -2.19. The lowest BCUT2D eigenvalue weighted by atomic mass is 9.83. The predicted molar refractivity (Wildman–Crippen MR) is 203 cm³/mol. The highest BCUT2D eigenvalue weighted by molar-refractivity contribution is 7.19. The van der Waals surface area contributed by atoms with Gasteiger partial charge in [0, 0.05) is 26.3 Å². The number of hydrogen-bond donors (Lipinski definition) is 0. The first-order valence-corrected chi connectivity index (χ1v) is 17.2. The van der Waals surface area contributed by atoms with Gasteiger partial charge >= 0.3 is 0 Å². The molecule has 9 aromatic carbocycles. The third-order valence-electron chi connectivity index (χ3n) is 10.9. The number of thiophene rings is 1. The molecule has 0 saturated carbocycles. The zero-order valence-electron chi connectivity index (χ0n) is 25.3. The van der Waals surface area contributed by atoms with Gasteiger partial charge in [-0.25, -0.2) is 0 Å². The maximum atomic E-state index is 2.46. The Balaban J connectivity index is 1.15. The van der Waals surface area contributed by atoms with E-state index in [9.17, 15) is 0 Å². The van der Waals surface area contributed by atoms with Gasteiger partial charge < -0.3 is 0 Å². The van der Waals surface area contributed by atoms with Crippen molar-refractivity contribution in [3.8, 4) is 65.4 Å². The molecular formula is C46H24S. The maximum absolute atomic E-state index is 2.46. The summed E-state index contributed by atoms with van der Waals surface area (Å²) in [4.78, 5) is 2.72. The van der Waals surface area contributed by atoms with Crippen molar-refractivity contribution in [1.82, 2.24) is 0 Å². The van der Waals surface area contributed by atoms with E-state index in [1.165, 1.54) is 119 Å². The van der Waals surface area contributed by atoms with Gasteiger partial charge in [0.15, 0.2) is 0 Å². The molecule has 0 atom stereocenters. The Morgan fingerprint density at radius 3 is 1.62 bits per heavy atom. The van der Waals surface area contributed by atoms with Gasteiger partial charge in [0.05, 0.1) is 0 Å². The Bertz CT molecular complexity index is 2950. The van der Waals surface area contributed by atoms with Crippen LogP contribution in [0, 0.1) is 0 Å². The summed E-state index contributed by atoms with van der Waals surface area (Å²) >= 11 is 1.94. The molecule has 0 amide bonds. The van der Waals surface area contributed by atoms with Crippen molar-refractivity contribution in [3.05, 3.63) is 146 Å². The Hall–Kier alpha value is -5.76. The molecule has 0 N–H and O–H groups in total. The normalized spacial score (nSPS) is 12.7. The van der Waals surface area contributed by atoms with Gasteiger partial charge in [-0.05, 0) is 99.0 Å². The van der Waals surface area contributed by atoms with Crippen molar-refractivity contribution < 1.29 is 0 Å². The van der Waals surface area contributed by atoms with Crippen molar-refractivity contribution in [1.29, 1.82) is 0 Å². The van der Waals surface area contributed by atoms with Crippen LogP contribution in [0.2, 0.25) is 0 Å². The molecule has 12 rings (SSSR count). The van der Waals surface area contributed by atoms with Crippen LogP contribution < -0.4 is 0 Å². The van der Waals surface area contributed by atoms with Crippen LogP contribution in [0.3, 0.4) is 0 Å². The Morgan fingerprint density at radius 1 is 0.298 bits per heavy atom. The molecule has 0 spiro atoms. The molecule has 214 valence electrons. The van der Waals surface area contributed by atoms with Gasteiger partial charge in [0.25, 0.3) is 0 Å². The van der Waals surface area contributed by atoms with Crippen molar-refractivity contribution in [3.63, 3.8) is 0 Å². The average molecular weight is 609 g/mol. The standard InChI is InChI=1S/C46H24S/c1-2-8-25(9-3-1)26-14-16-27(17-15-26)39-24-38-43-31-13-7-6-12-30(31)42-36-22-20-33-29-11-5-4-10-28(29)32-18-19-34(41(36)40(32)33)35-21-23-37(46(38)47-39)45(43)44(35)42/h1-24H. The highest BCUT2D eigenvalue weighted by atomic mass is 32.1. The Morgan fingerprint density at radius 2 is 0.851 bits per heavy atom. The molecule has 1 heterocycles. The van der Waals surface area contributed by atoms with Crippen LogP contribution in [0.1, 0.15) is 0 Å². The second-order valence-electron chi connectivity index (χ2n) is 13.1. The summed E-state index contributed by atoms with van der Waals surface area (Å²) in [7, 11) is 0. The van der Waals surface area contributed by atoms with E-state index in [0.717, 1.165) is 0 Å². The fourth-order valence-electron chi connectivity index (χ4n) is 8.99. The number of rotatable bonds is 2. The molecule has 0 unspecified atom stereocenters. The van der Waals surface area contributed by atoms with Crippen LogP contribution in [-0.4, -0.2) is 0 Å². The molecule has 0 nitrogen and oxygen atoms in total. The summed E-state index contributed by atoms with van der Waals surface area (Å²) in [6, 6.07) is 54.6. The van der Waals surface area contributed by atoms with Crippen LogP contribution in [0.4, 0.5) is 0 Å². The minimum atomic E-state index is 1.25. The molecule has 0 radical (unpaired) electrons. The van der Waals surface area contributed by atoms with Crippen molar-refractivity contribution >= 4 is 65.2 Å². The maximum Gasteiger partial charge on any atom is 0.0434 e. The van der Waals surface area contributed by atoms with Crippen molar-refractivity contribution in [2.24, 2.45) is 0 Å². The van der Waals surface area contributed by atoms with E-state index < -0.39 is 0 Å². The summed E-state index contributed by atoms with van der Waals surface area (Å²) in [6.07, 6.45) is 0. The van der Waals surface area contributed by atoms with Crippen LogP contribution >= 0.6 is 11.3 Å². The average Bonchev–Trinajstić information content (AvgIpc) is 3.81. The second-order valence-corrected chi connectivity index (χ2v) is 14.2. The van der Waals surface area contributed by atoms with Crippen molar-refractivity contribution in [2.75, 3.05) is 0 Å². The molecule has 10 aromatic rings. The van der Waals surface area contributed by atoms with E-state index in [4.69, 9.17) is 0 Å². The first kappa shape index (κ1) is 24.5. The summed E-state index contributed by atoms with van der Waals surface area (Å²) in [5.41, 5.74) is 13.4. The molecule has 0 bridgehead atoms. The van der Waals surface area contributed by atoms with Crippen LogP contribution in [0.5, 0.6) is 0 Å². The quantitative estimate of drug-likeness (QED) is 0.135. The highest BCUT2D eigenvalue weighted by Crippen LogP contribution is 2.60. The van der Waals surface area contributed by atoms with E-state index in [1.807, 2.05) is 11.3 Å². The van der Waals surface area contributed by atoms with Gasteiger partial charge in [-0.1, -0.05) is 140 Å². The fraction of sp³-hybridized carbons (Fsp3) is 0. The topological polar surface area (TPSA) is 0 Å². The summed E-state index contributed by atoms with van der Waals surface area (Å²) < 4.78 is 0. The Kier molecular flexibility index (Phi) is 4.44. The smallest absolute Gasteiger partial charge is 0.0434 e. The summed E-state index contributed by atoms with van der Waals surface area (Å²) in [5, 5.41) is 13.9. The molecule has 1 heteroatoms. The summed E-state index contributed by atoms with van der Waals surface area (Å²) in [5.74, 6) is 0. The first-order chi connectivity index (χ1) is 23.3. The number of benzene rings is 9. The molecule has 47 heavy (non-hydrogen) atoms. The highest BCUT2D eigenvalue weighted by Gasteiger charge is 2.31. The lowest BCUT2D eigenvalue weighted by molar-refractivity contribution is 1.62. The van der Waals surface area contributed by atoms with E-state index >= 15 is 0 Å². The van der Waals surface area contributed by atoms with Crippen LogP contribution in [0.25, 0.3) is 119 Å². The summed E-state index contributed by atoms with van der Waals surface area (Å²) in [6.45, 7) is 0. The molecule has 1 aromatic heterocycles. The minimum Gasteiger partial charge on any atom is -0.135 e. The van der Waals surface area contributed by atoms with E-state index in [1.54, 1.807) is 0 Å². The van der Waals surface area contributed by atoms with Gasteiger partial charge in [0.2, 0.25) is 0 Å². The SMILES string of the molecule is c1ccc(-c2ccc(-c3cc4c(s3)-c3ccc5c6ccc7c8c(ccc(c86)c6c8ccccc8c-4c3c56)-c3ccccc3-7)cc2)cc1. The van der Waals surface area contributed by atoms with Gasteiger partial charge in [-0.15, -0.1) is 11.3 Å². The third kappa shape index (κ3) is 2.95. The molecule has 2 aliphatic carbocycles. The Labute approximate surface area is 275 Å². The minimum absolute atomic E-state index is 1.25. The molecule has 0 saturated heterocycles. The van der Waals surface area contributed by atoms with Crippen LogP contribution in [0.15, 0.2) is 146 Å². The molecular weight excluding hydrogens is 585 g/mol. The third-order valence-corrected chi connectivity index (χ3v) is 12.1. The predicted octanol–water partition coefficient (Wildman–Crippen LogP) is 13.6. The van der Waals surface area contributed by atoms with Crippen LogP contribution in [-0.2, 0) is 0 Å². The van der Waals surface area contributed by atoms with Gasteiger partial charge in [-0.2, -0.15) is 0 Å². The zero-order chi connectivity index (χ0) is 30.4. The largest absolute Gasteiger partial charge is 0.135 e. The van der Waals surface area contributed by atoms with Gasteiger partial charge in [-0.3, -0.25) is 0 Å². The molecule has 2 aliphatic rings. The van der Waals surface area contributed by atoms with E-state index in [0.29, 0.717) is 0 Å². The molecule has 0 fully saturated rings. The van der Waals surface area contributed by atoms with E-state index in [-0.39, 0.29) is 0 Å².